The fourth-order valence-electron chi connectivity index (χ4n) is 2.51. The maximum Gasteiger partial charge on any atom is 0.363 e. The normalized spacial score (nSPS) is 10.3. The van der Waals surface area contributed by atoms with Crippen molar-refractivity contribution in [2.24, 2.45) is 0 Å². The van der Waals surface area contributed by atoms with Crippen molar-refractivity contribution in [3.63, 3.8) is 0 Å². The highest BCUT2D eigenvalue weighted by Crippen LogP contribution is 2.08. The Hall–Kier alpha value is -4.21. The van der Waals surface area contributed by atoms with Crippen LogP contribution in [0.2, 0.25) is 0 Å². The van der Waals surface area contributed by atoms with E-state index in [9.17, 15) is 19.2 Å². The van der Waals surface area contributed by atoms with Crippen LogP contribution in [-0.2, 0) is 16.1 Å². The number of amides is 3. The molecule has 0 atom stereocenters. The first-order chi connectivity index (χ1) is 14.4. The minimum absolute atomic E-state index is 0.0816. The molecule has 0 spiro atoms. The zero-order chi connectivity index (χ0) is 21.5. The topological polar surface area (TPSA) is 133 Å². The second kappa shape index (κ2) is 9.32. The van der Waals surface area contributed by atoms with E-state index in [0.29, 0.717) is 17.1 Å². The van der Waals surface area contributed by atoms with Gasteiger partial charge < -0.3 is 14.5 Å². The number of esters is 1. The Labute approximate surface area is 170 Å². The standard InChI is InChI=1S/C20H18N4O6/c1-13-10-16(25)18(23-24(13)14-6-3-2-4-7-14)19(27)30-12-17(26)22-20(28)21-11-15-8-5-9-29-15/h2-10H,11-12H2,1H3,(H2,21,22,26,28). The lowest BCUT2D eigenvalue weighted by molar-refractivity contribution is -0.123. The van der Waals surface area contributed by atoms with Crippen molar-refractivity contribution in [3.05, 3.63) is 82.2 Å². The molecule has 1 aromatic carbocycles. The summed E-state index contributed by atoms with van der Waals surface area (Å²) in [5.41, 5.74) is 0.0598. The number of imide groups is 1. The molecule has 0 aliphatic carbocycles. The van der Waals surface area contributed by atoms with Crippen molar-refractivity contribution < 1.29 is 23.5 Å². The quantitative estimate of drug-likeness (QED) is 0.586. The van der Waals surface area contributed by atoms with E-state index < -0.39 is 35.6 Å². The van der Waals surface area contributed by atoms with Gasteiger partial charge in [-0.3, -0.25) is 14.9 Å². The molecule has 0 unspecified atom stereocenters. The molecule has 10 heteroatoms. The van der Waals surface area contributed by atoms with Crippen LogP contribution in [0, 0.1) is 6.92 Å². The molecule has 0 aliphatic heterocycles. The summed E-state index contributed by atoms with van der Waals surface area (Å²) >= 11 is 0. The van der Waals surface area contributed by atoms with Crippen molar-refractivity contribution in [2.75, 3.05) is 6.61 Å². The van der Waals surface area contributed by atoms with Gasteiger partial charge in [-0.15, -0.1) is 0 Å². The third-order valence-electron chi connectivity index (χ3n) is 3.89. The fourth-order valence-corrected chi connectivity index (χ4v) is 2.51. The molecule has 2 aromatic heterocycles. The van der Waals surface area contributed by atoms with Gasteiger partial charge in [0.05, 0.1) is 18.5 Å². The zero-order valence-electron chi connectivity index (χ0n) is 16.0. The molecule has 3 aromatic rings. The van der Waals surface area contributed by atoms with E-state index in [4.69, 9.17) is 9.15 Å². The number of furan rings is 1. The Balaban J connectivity index is 1.58. The van der Waals surface area contributed by atoms with Gasteiger partial charge in [-0.2, -0.15) is 5.10 Å². The lowest BCUT2D eigenvalue weighted by Crippen LogP contribution is -2.41. The maximum atomic E-state index is 12.2. The number of urea groups is 1. The predicted molar refractivity (Wildman–Crippen MR) is 104 cm³/mol. The molecular weight excluding hydrogens is 392 g/mol. The highest BCUT2D eigenvalue weighted by molar-refractivity contribution is 5.96. The summed E-state index contributed by atoms with van der Waals surface area (Å²) in [6, 6.07) is 12.7. The Morgan fingerprint density at radius 1 is 1.13 bits per heavy atom. The van der Waals surface area contributed by atoms with Crippen molar-refractivity contribution in [2.45, 2.75) is 13.5 Å². The zero-order valence-corrected chi connectivity index (χ0v) is 16.0. The van der Waals surface area contributed by atoms with E-state index in [2.05, 4.69) is 10.4 Å². The largest absolute Gasteiger partial charge is 0.467 e. The molecule has 3 amide bonds. The molecule has 2 N–H and O–H groups in total. The number of hydrogen-bond acceptors (Lipinski definition) is 7. The molecule has 0 saturated carbocycles. The molecule has 154 valence electrons. The highest BCUT2D eigenvalue weighted by Gasteiger charge is 2.19. The van der Waals surface area contributed by atoms with Crippen LogP contribution in [0.1, 0.15) is 21.9 Å². The summed E-state index contributed by atoms with van der Waals surface area (Å²) in [5, 5.41) is 8.45. The number of ether oxygens (including phenoxy) is 1. The van der Waals surface area contributed by atoms with Gasteiger partial charge in [0, 0.05) is 11.8 Å². The molecule has 30 heavy (non-hydrogen) atoms. The molecule has 2 heterocycles. The van der Waals surface area contributed by atoms with Crippen molar-refractivity contribution in [1.82, 2.24) is 20.4 Å². The minimum atomic E-state index is -1.07. The van der Waals surface area contributed by atoms with Crippen LogP contribution >= 0.6 is 0 Å². The van der Waals surface area contributed by atoms with Crippen LogP contribution in [0.25, 0.3) is 5.69 Å². The van der Waals surface area contributed by atoms with E-state index in [0.717, 1.165) is 0 Å². The average Bonchev–Trinajstić information content (AvgIpc) is 3.25. The smallest absolute Gasteiger partial charge is 0.363 e. The van der Waals surface area contributed by atoms with E-state index in [1.165, 1.54) is 17.0 Å². The van der Waals surface area contributed by atoms with Gasteiger partial charge in [0.1, 0.15) is 5.76 Å². The van der Waals surface area contributed by atoms with Crippen molar-refractivity contribution in [1.29, 1.82) is 0 Å². The van der Waals surface area contributed by atoms with Crippen LogP contribution in [0.15, 0.2) is 64.0 Å². The van der Waals surface area contributed by atoms with Gasteiger partial charge in [0.15, 0.2) is 6.61 Å². The Morgan fingerprint density at radius 2 is 1.90 bits per heavy atom. The third kappa shape index (κ3) is 5.19. The summed E-state index contributed by atoms with van der Waals surface area (Å²) in [6.07, 6.45) is 1.45. The predicted octanol–water partition coefficient (Wildman–Crippen LogP) is 1.32. The monoisotopic (exact) mass is 410 g/mol. The second-order valence-corrected chi connectivity index (χ2v) is 6.13. The Bertz CT molecular complexity index is 1110. The van der Waals surface area contributed by atoms with E-state index in [-0.39, 0.29) is 6.54 Å². The van der Waals surface area contributed by atoms with Crippen LogP contribution in [0.4, 0.5) is 4.79 Å². The molecule has 0 fully saturated rings. The van der Waals surface area contributed by atoms with Gasteiger partial charge >= 0.3 is 12.0 Å². The van der Waals surface area contributed by atoms with Gasteiger partial charge in [-0.1, -0.05) is 18.2 Å². The first-order valence-corrected chi connectivity index (χ1v) is 8.87. The van der Waals surface area contributed by atoms with E-state index in [1.54, 1.807) is 43.3 Å². The van der Waals surface area contributed by atoms with Crippen LogP contribution in [-0.4, -0.2) is 34.3 Å². The lowest BCUT2D eigenvalue weighted by atomic mass is 10.3. The van der Waals surface area contributed by atoms with Crippen molar-refractivity contribution in [3.8, 4) is 5.69 Å². The SMILES string of the molecule is Cc1cc(=O)c(C(=O)OCC(=O)NC(=O)NCc2ccco2)nn1-c1ccccc1. The maximum absolute atomic E-state index is 12.2. The van der Waals surface area contributed by atoms with Crippen LogP contribution in [0.3, 0.4) is 0 Å². The second-order valence-electron chi connectivity index (χ2n) is 6.13. The molecule has 3 rings (SSSR count). The molecule has 0 bridgehead atoms. The number of nitrogens with one attached hydrogen (secondary N) is 2. The number of rotatable bonds is 6. The number of nitrogens with zero attached hydrogens (tertiary/aromatic N) is 2. The van der Waals surface area contributed by atoms with Crippen LogP contribution < -0.4 is 16.1 Å². The molecular formula is C20H18N4O6. The lowest BCUT2D eigenvalue weighted by Gasteiger charge is -2.11. The average molecular weight is 410 g/mol. The summed E-state index contributed by atoms with van der Waals surface area (Å²) in [4.78, 5) is 47.8. The van der Waals surface area contributed by atoms with Gasteiger partial charge in [0.25, 0.3) is 5.91 Å². The molecule has 0 radical (unpaired) electrons. The van der Waals surface area contributed by atoms with Crippen LogP contribution in [0.5, 0.6) is 0 Å². The van der Waals surface area contributed by atoms with Crippen molar-refractivity contribution >= 4 is 17.9 Å². The molecule has 0 aliphatic rings. The van der Waals surface area contributed by atoms with E-state index in [1.807, 2.05) is 11.4 Å². The third-order valence-corrected chi connectivity index (χ3v) is 3.89. The Morgan fingerprint density at radius 3 is 2.60 bits per heavy atom. The van der Waals surface area contributed by atoms with Gasteiger partial charge in [-0.05, 0) is 31.2 Å². The summed E-state index contributed by atoms with van der Waals surface area (Å²) < 4.78 is 11.3. The summed E-state index contributed by atoms with van der Waals surface area (Å²) in [7, 11) is 0. The number of carbonyl (C=O) groups is 3. The number of aromatic nitrogens is 2. The fraction of sp³-hybridized carbons (Fsp3) is 0.150. The number of carbonyl (C=O) groups excluding carboxylic acids is 3. The number of para-hydroxylation sites is 1. The van der Waals surface area contributed by atoms with Gasteiger partial charge in [-0.25, -0.2) is 14.3 Å². The summed E-state index contributed by atoms with van der Waals surface area (Å²) in [6.45, 7) is 0.997. The minimum Gasteiger partial charge on any atom is -0.467 e. The highest BCUT2D eigenvalue weighted by atomic mass is 16.5. The van der Waals surface area contributed by atoms with Gasteiger partial charge in [0.2, 0.25) is 11.1 Å². The Kier molecular flexibility index (Phi) is 6.38. The number of hydrogen-bond donors (Lipinski definition) is 2. The van der Waals surface area contributed by atoms with E-state index >= 15 is 0 Å². The molecule has 0 saturated heterocycles. The summed E-state index contributed by atoms with van der Waals surface area (Å²) in [5.74, 6) is -1.43. The molecule has 10 nitrogen and oxygen atoms in total. The first-order valence-electron chi connectivity index (χ1n) is 8.87. The first kappa shape index (κ1) is 20.5. The number of benzene rings is 1. The number of aryl methyl sites for hydroxylation is 1.